The molecule has 2 rings (SSSR count). The van der Waals surface area contributed by atoms with Gasteiger partial charge in [-0.05, 0) is 19.8 Å². The number of sulfonamides is 1. The predicted molar refractivity (Wildman–Crippen MR) is 77.1 cm³/mol. The van der Waals surface area contributed by atoms with E-state index in [0.29, 0.717) is 38.9 Å². The zero-order chi connectivity index (χ0) is 15.5. The standard InChI is InChI=1S/C13H21N3O4S/c1-10-9-12(15-20-10)3-6-14-13(17)11-4-7-16(8-5-11)21(2,18)19/h9,11H,3-8H2,1-2H3,(H,14,17). The van der Waals surface area contributed by atoms with Gasteiger partial charge in [0, 0.05) is 38.0 Å². The van der Waals surface area contributed by atoms with Gasteiger partial charge >= 0.3 is 0 Å². The number of nitrogens with zero attached hydrogens (tertiary/aromatic N) is 2. The number of carbonyl (C=O) groups excluding carboxylic acids is 1. The summed E-state index contributed by atoms with van der Waals surface area (Å²) in [4.78, 5) is 12.0. The number of hydrogen-bond acceptors (Lipinski definition) is 5. The van der Waals surface area contributed by atoms with Crippen molar-refractivity contribution in [3.8, 4) is 0 Å². The first-order chi connectivity index (χ1) is 9.86. The van der Waals surface area contributed by atoms with Crippen LogP contribution in [0.15, 0.2) is 10.6 Å². The minimum atomic E-state index is -3.14. The first-order valence-corrected chi connectivity index (χ1v) is 8.86. The zero-order valence-corrected chi connectivity index (χ0v) is 13.1. The zero-order valence-electron chi connectivity index (χ0n) is 12.3. The molecule has 21 heavy (non-hydrogen) atoms. The lowest BCUT2D eigenvalue weighted by molar-refractivity contribution is -0.126. The van der Waals surface area contributed by atoms with Crippen LogP contribution in [0, 0.1) is 12.8 Å². The van der Waals surface area contributed by atoms with Crippen LogP contribution in [0.25, 0.3) is 0 Å². The summed E-state index contributed by atoms with van der Waals surface area (Å²) in [5.74, 6) is 0.634. The lowest BCUT2D eigenvalue weighted by atomic mass is 9.97. The highest BCUT2D eigenvalue weighted by atomic mass is 32.2. The number of rotatable bonds is 5. The molecule has 8 heteroatoms. The molecule has 1 amide bonds. The van der Waals surface area contributed by atoms with E-state index in [0.717, 1.165) is 11.5 Å². The Balaban J connectivity index is 1.72. The van der Waals surface area contributed by atoms with Crippen LogP contribution in [-0.2, 0) is 21.2 Å². The third-order valence-electron chi connectivity index (χ3n) is 3.65. The summed E-state index contributed by atoms with van der Waals surface area (Å²) in [5, 5.41) is 6.74. The van der Waals surface area contributed by atoms with Gasteiger partial charge in [0.1, 0.15) is 5.76 Å². The van der Waals surface area contributed by atoms with Crippen LogP contribution < -0.4 is 5.32 Å². The van der Waals surface area contributed by atoms with Crippen LogP contribution in [-0.4, -0.2) is 49.7 Å². The molecule has 0 saturated carbocycles. The number of carbonyl (C=O) groups is 1. The Kier molecular flexibility index (Phi) is 5.00. The maximum Gasteiger partial charge on any atom is 0.223 e. The van der Waals surface area contributed by atoms with Crippen LogP contribution in [0.3, 0.4) is 0 Å². The topological polar surface area (TPSA) is 92.5 Å². The summed E-state index contributed by atoms with van der Waals surface area (Å²) < 4.78 is 29.2. The van der Waals surface area contributed by atoms with Crippen molar-refractivity contribution >= 4 is 15.9 Å². The molecule has 1 saturated heterocycles. The molecule has 0 radical (unpaired) electrons. The molecule has 0 bridgehead atoms. The Hall–Kier alpha value is -1.41. The monoisotopic (exact) mass is 315 g/mol. The number of hydrogen-bond donors (Lipinski definition) is 1. The molecule has 2 heterocycles. The largest absolute Gasteiger partial charge is 0.361 e. The lowest BCUT2D eigenvalue weighted by Crippen LogP contribution is -2.42. The average Bonchev–Trinajstić information content (AvgIpc) is 2.83. The highest BCUT2D eigenvalue weighted by Gasteiger charge is 2.28. The second-order valence-electron chi connectivity index (χ2n) is 5.41. The van der Waals surface area contributed by atoms with E-state index in [2.05, 4.69) is 10.5 Å². The van der Waals surface area contributed by atoms with Crippen LogP contribution in [0.5, 0.6) is 0 Å². The summed E-state index contributed by atoms with van der Waals surface area (Å²) in [7, 11) is -3.14. The van der Waals surface area contributed by atoms with Crippen molar-refractivity contribution in [2.75, 3.05) is 25.9 Å². The van der Waals surface area contributed by atoms with Gasteiger partial charge < -0.3 is 9.84 Å². The van der Waals surface area contributed by atoms with Crippen molar-refractivity contribution in [3.05, 3.63) is 17.5 Å². The van der Waals surface area contributed by atoms with Crippen LogP contribution in [0.2, 0.25) is 0 Å². The molecular formula is C13H21N3O4S. The van der Waals surface area contributed by atoms with E-state index in [1.165, 1.54) is 10.6 Å². The van der Waals surface area contributed by atoms with Gasteiger partial charge in [0.25, 0.3) is 0 Å². The van der Waals surface area contributed by atoms with Crippen molar-refractivity contribution in [1.82, 2.24) is 14.8 Å². The molecule has 1 aliphatic rings. The summed E-state index contributed by atoms with van der Waals surface area (Å²) in [6, 6.07) is 1.84. The molecule has 0 unspecified atom stereocenters. The van der Waals surface area contributed by atoms with E-state index in [1.54, 1.807) is 0 Å². The summed E-state index contributed by atoms with van der Waals surface area (Å²) in [6.07, 6.45) is 2.97. The Labute approximate surface area is 124 Å². The third kappa shape index (κ3) is 4.53. The molecule has 118 valence electrons. The molecule has 1 aliphatic heterocycles. The number of aromatic nitrogens is 1. The molecule has 0 aliphatic carbocycles. The smallest absolute Gasteiger partial charge is 0.223 e. The molecule has 1 aromatic heterocycles. The fraction of sp³-hybridized carbons (Fsp3) is 0.692. The van der Waals surface area contributed by atoms with Crippen molar-refractivity contribution in [2.24, 2.45) is 5.92 Å². The summed E-state index contributed by atoms with van der Waals surface area (Å²) in [6.45, 7) is 3.17. The second kappa shape index (κ2) is 6.57. The molecule has 0 spiro atoms. The van der Waals surface area contributed by atoms with Crippen molar-refractivity contribution in [3.63, 3.8) is 0 Å². The second-order valence-corrected chi connectivity index (χ2v) is 7.39. The van der Waals surface area contributed by atoms with E-state index in [-0.39, 0.29) is 11.8 Å². The highest BCUT2D eigenvalue weighted by Crippen LogP contribution is 2.19. The first-order valence-electron chi connectivity index (χ1n) is 7.01. The van der Waals surface area contributed by atoms with Crippen molar-refractivity contribution < 1.29 is 17.7 Å². The van der Waals surface area contributed by atoms with Gasteiger partial charge in [0.2, 0.25) is 15.9 Å². The maximum atomic E-state index is 12.0. The van der Waals surface area contributed by atoms with Crippen molar-refractivity contribution in [2.45, 2.75) is 26.2 Å². The molecule has 0 aromatic carbocycles. The molecule has 0 atom stereocenters. The van der Waals surface area contributed by atoms with Gasteiger partial charge in [0.15, 0.2) is 0 Å². The Bertz CT molecular complexity index is 588. The lowest BCUT2D eigenvalue weighted by Gasteiger charge is -2.29. The maximum absolute atomic E-state index is 12.0. The van der Waals surface area contributed by atoms with Gasteiger partial charge in [-0.15, -0.1) is 0 Å². The first kappa shape index (κ1) is 16.0. The SMILES string of the molecule is Cc1cc(CCNC(=O)C2CCN(S(C)(=O)=O)CC2)no1. The van der Waals surface area contributed by atoms with Gasteiger partial charge in [-0.3, -0.25) is 4.79 Å². The van der Waals surface area contributed by atoms with E-state index in [4.69, 9.17) is 4.52 Å². The predicted octanol–water partition coefficient (Wildman–Crippen LogP) is 0.313. The van der Waals surface area contributed by atoms with Crippen LogP contribution in [0.1, 0.15) is 24.3 Å². The van der Waals surface area contributed by atoms with Crippen LogP contribution in [0.4, 0.5) is 0 Å². The Morgan fingerprint density at radius 1 is 1.48 bits per heavy atom. The molecule has 1 aromatic rings. The minimum absolute atomic E-state index is 0.0108. The number of piperidine rings is 1. The van der Waals surface area contributed by atoms with E-state index in [1.807, 2.05) is 13.0 Å². The Morgan fingerprint density at radius 2 is 2.14 bits per heavy atom. The number of aryl methyl sites for hydroxylation is 1. The van der Waals surface area contributed by atoms with E-state index >= 15 is 0 Å². The van der Waals surface area contributed by atoms with Gasteiger partial charge in [-0.1, -0.05) is 5.16 Å². The molecular weight excluding hydrogens is 294 g/mol. The molecule has 1 N–H and O–H groups in total. The van der Waals surface area contributed by atoms with Gasteiger partial charge in [-0.25, -0.2) is 12.7 Å². The molecule has 7 nitrogen and oxygen atoms in total. The quantitative estimate of drug-likeness (QED) is 0.844. The summed E-state index contributed by atoms with van der Waals surface area (Å²) in [5.41, 5.74) is 0.819. The number of nitrogens with one attached hydrogen (secondary N) is 1. The number of amides is 1. The Morgan fingerprint density at radius 3 is 2.67 bits per heavy atom. The minimum Gasteiger partial charge on any atom is -0.361 e. The van der Waals surface area contributed by atoms with E-state index in [9.17, 15) is 13.2 Å². The third-order valence-corrected chi connectivity index (χ3v) is 4.95. The normalized spacial score (nSPS) is 17.8. The molecule has 1 fully saturated rings. The van der Waals surface area contributed by atoms with Gasteiger partial charge in [-0.2, -0.15) is 0 Å². The fourth-order valence-corrected chi connectivity index (χ4v) is 3.32. The highest BCUT2D eigenvalue weighted by molar-refractivity contribution is 7.88. The van der Waals surface area contributed by atoms with Crippen LogP contribution >= 0.6 is 0 Å². The average molecular weight is 315 g/mol. The summed E-state index contributed by atoms with van der Waals surface area (Å²) >= 11 is 0. The van der Waals surface area contributed by atoms with Crippen molar-refractivity contribution in [1.29, 1.82) is 0 Å². The van der Waals surface area contributed by atoms with Gasteiger partial charge in [0.05, 0.1) is 11.9 Å². The fourth-order valence-electron chi connectivity index (χ4n) is 2.44. The van der Waals surface area contributed by atoms with E-state index < -0.39 is 10.0 Å².